The lowest BCUT2D eigenvalue weighted by Crippen LogP contribution is -2.11. The molecule has 0 fully saturated rings. The normalized spacial score (nSPS) is 11.2. The highest BCUT2D eigenvalue weighted by molar-refractivity contribution is 5.88. The molecule has 0 atom stereocenters. The highest BCUT2D eigenvalue weighted by atomic mass is 16.5. The Kier molecular flexibility index (Phi) is 4.21. The van der Waals surface area contributed by atoms with Gasteiger partial charge in [-0.2, -0.15) is 0 Å². The van der Waals surface area contributed by atoms with Crippen molar-refractivity contribution in [2.24, 2.45) is 4.99 Å². The predicted octanol–water partition coefficient (Wildman–Crippen LogP) is 2.78. The number of hydrogen-bond donors (Lipinski definition) is 2. The van der Waals surface area contributed by atoms with E-state index in [0.717, 1.165) is 10.9 Å². The van der Waals surface area contributed by atoms with Crippen LogP contribution in [0.15, 0.2) is 58.3 Å². The van der Waals surface area contributed by atoms with E-state index in [4.69, 9.17) is 4.74 Å². The minimum Gasteiger partial charge on any atom is -0.496 e. The first-order valence-corrected chi connectivity index (χ1v) is 7.15. The lowest BCUT2D eigenvalue weighted by atomic mass is 10.1. The van der Waals surface area contributed by atoms with Crippen molar-refractivity contribution >= 4 is 22.8 Å². The maximum absolute atomic E-state index is 12.1. The molecule has 116 valence electrons. The number of nitrogens with zero attached hydrogens (tertiary/aromatic N) is 1. The lowest BCUT2D eigenvalue weighted by Gasteiger charge is -2.06. The van der Waals surface area contributed by atoms with Crippen LogP contribution in [0, 0.1) is 0 Å². The molecule has 5 heteroatoms. The van der Waals surface area contributed by atoms with Gasteiger partial charge in [-0.1, -0.05) is 18.2 Å². The van der Waals surface area contributed by atoms with Crippen LogP contribution in [0.1, 0.15) is 11.1 Å². The van der Waals surface area contributed by atoms with E-state index in [1.165, 1.54) is 6.21 Å². The van der Waals surface area contributed by atoms with Crippen LogP contribution in [0.25, 0.3) is 10.9 Å². The number of methoxy groups -OCH3 is 1. The summed E-state index contributed by atoms with van der Waals surface area (Å²) in [6, 6.07) is 14.6. The van der Waals surface area contributed by atoms with Crippen LogP contribution in [0.4, 0.5) is 5.69 Å². The van der Waals surface area contributed by atoms with Crippen LogP contribution >= 0.6 is 0 Å². The van der Waals surface area contributed by atoms with Crippen molar-refractivity contribution in [3.8, 4) is 5.75 Å². The average Bonchev–Trinajstić information content (AvgIpc) is 2.59. The molecular formula is C18H16N2O3. The van der Waals surface area contributed by atoms with E-state index in [-0.39, 0.29) is 12.2 Å². The van der Waals surface area contributed by atoms with Crippen molar-refractivity contribution in [3.63, 3.8) is 0 Å². The molecule has 0 saturated carbocycles. The number of hydrogen-bond acceptors (Lipinski definition) is 4. The Balaban J connectivity index is 1.96. The van der Waals surface area contributed by atoms with Gasteiger partial charge in [0.05, 0.1) is 25.0 Å². The van der Waals surface area contributed by atoms with Gasteiger partial charge in [-0.05, 0) is 35.7 Å². The number of ether oxygens (including phenoxy) is 1. The number of nitrogens with one attached hydrogen (secondary N) is 1. The molecule has 0 saturated heterocycles. The maximum atomic E-state index is 12.1. The number of aromatic amines is 1. The van der Waals surface area contributed by atoms with Crippen LogP contribution in [-0.4, -0.2) is 23.4 Å². The van der Waals surface area contributed by atoms with Crippen LogP contribution in [0.3, 0.4) is 0 Å². The van der Waals surface area contributed by atoms with Gasteiger partial charge in [-0.3, -0.25) is 9.79 Å². The van der Waals surface area contributed by atoms with Gasteiger partial charge in [0.25, 0.3) is 5.56 Å². The van der Waals surface area contributed by atoms with Gasteiger partial charge < -0.3 is 14.8 Å². The molecule has 1 heterocycles. The standard InChI is InChI=1S/C18H16N2O3/c1-23-17-7-6-15(9-14(17)11-21)19-10-13-8-12-4-2-3-5-16(12)20-18(13)22/h2-10,21H,11H2,1H3,(H,20,22). The molecule has 2 aromatic carbocycles. The number of aromatic nitrogens is 1. The number of aliphatic hydroxyl groups is 1. The molecule has 0 radical (unpaired) electrons. The third kappa shape index (κ3) is 3.14. The van der Waals surface area contributed by atoms with E-state index in [2.05, 4.69) is 9.98 Å². The zero-order chi connectivity index (χ0) is 16.2. The van der Waals surface area contributed by atoms with Crippen molar-refractivity contribution in [2.45, 2.75) is 6.61 Å². The average molecular weight is 308 g/mol. The predicted molar refractivity (Wildman–Crippen MR) is 90.7 cm³/mol. The maximum Gasteiger partial charge on any atom is 0.257 e. The number of pyridine rings is 1. The van der Waals surface area contributed by atoms with E-state index in [1.807, 2.05) is 24.3 Å². The van der Waals surface area contributed by atoms with E-state index >= 15 is 0 Å². The molecule has 1 aromatic heterocycles. The van der Waals surface area contributed by atoms with Crippen molar-refractivity contribution in [1.29, 1.82) is 0 Å². The Hall–Kier alpha value is -2.92. The summed E-state index contributed by atoms with van der Waals surface area (Å²) < 4.78 is 5.15. The largest absolute Gasteiger partial charge is 0.496 e. The van der Waals surface area contributed by atoms with Gasteiger partial charge in [0.1, 0.15) is 5.75 Å². The van der Waals surface area contributed by atoms with E-state index in [9.17, 15) is 9.90 Å². The van der Waals surface area contributed by atoms with Crippen molar-refractivity contribution in [1.82, 2.24) is 4.98 Å². The second-order valence-corrected chi connectivity index (χ2v) is 5.05. The second-order valence-electron chi connectivity index (χ2n) is 5.05. The van der Waals surface area contributed by atoms with E-state index in [1.54, 1.807) is 31.4 Å². The summed E-state index contributed by atoms with van der Waals surface area (Å²) in [4.78, 5) is 19.2. The Morgan fingerprint density at radius 3 is 2.83 bits per heavy atom. The Morgan fingerprint density at radius 1 is 1.22 bits per heavy atom. The van der Waals surface area contributed by atoms with Gasteiger partial charge in [-0.25, -0.2) is 0 Å². The minimum absolute atomic E-state index is 0.136. The van der Waals surface area contributed by atoms with Crippen molar-refractivity contribution < 1.29 is 9.84 Å². The van der Waals surface area contributed by atoms with Crippen LogP contribution in [0.5, 0.6) is 5.75 Å². The van der Waals surface area contributed by atoms with Gasteiger partial charge in [0.15, 0.2) is 0 Å². The molecule has 3 aromatic rings. The van der Waals surface area contributed by atoms with Gasteiger partial charge >= 0.3 is 0 Å². The fourth-order valence-corrected chi connectivity index (χ4v) is 2.37. The van der Waals surface area contributed by atoms with Crippen LogP contribution < -0.4 is 10.3 Å². The zero-order valence-corrected chi connectivity index (χ0v) is 12.6. The lowest BCUT2D eigenvalue weighted by molar-refractivity contribution is 0.274. The number of rotatable bonds is 4. The van der Waals surface area contributed by atoms with Crippen molar-refractivity contribution in [3.05, 3.63) is 70.0 Å². The molecule has 0 amide bonds. The molecule has 5 nitrogen and oxygen atoms in total. The quantitative estimate of drug-likeness (QED) is 0.728. The molecule has 0 spiro atoms. The minimum atomic E-state index is -0.191. The second kappa shape index (κ2) is 6.46. The molecule has 3 rings (SSSR count). The Bertz CT molecular complexity index is 929. The highest BCUT2D eigenvalue weighted by Crippen LogP contribution is 2.24. The summed E-state index contributed by atoms with van der Waals surface area (Å²) in [6.07, 6.45) is 1.52. The smallest absolute Gasteiger partial charge is 0.257 e. The zero-order valence-electron chi connectivity index (χ0n) is 12.6. The fraction of sp³-hybridized carbons (Fsp3) is 0.111. The fourth-order valence-electron chi connectivity index (χ4n) is 2.37. The number of H-pyrrole nitrogens is 1. The summed E-state index contributed by atoms with van der Waals surface area (Å²) in [6.45, 7) is -0.136. The SMILES string of the molecule is COc1ccc(N=Cc2cc3ccccc3[nH]c2=O)cc1CO. The number of fused-ring (bicyclic) bond motifs is 1. The molecule has 0 bridgehead atoms. The summed E-state index contributed by atoms with van der Waals surface area (Å²) in [5, 5.41) is 10.3. The van der Waals surface area contributed by atoms with E-state index < -0.39 is 0 Å². The molecule has 0 aliphatic rings. The van der Waals surface area contributed by atoms with Gasteiger partial charge in [0, 0.05) is 17.3 Å². The number of benzene rings is 2. The molecule has 2 N–H and O–H groups in total. The number of aliphatic imine (C=N–C) groups is 1. The van der Waals surface area contributed by atoms with Gasteiger partial charge in [-0.15, -0.1) is 0 Å². The summed E-state index contributed by atoms with van der Waals surface area (Å²) in [7, 11) is 1.55. The van der Waals surface area contributed by atoms with Crippen LogP contribution in [0.2, 0.25) is 0 Å². The third-order valence-corrected chi connectivity index (χ3v) is 3.57. The summed E-state index contributed by atoms with van der Waals surface area (Å²) in [5.41, 5.74) is 2.37. The molecule has 0 aliphatic carbocycles. The summed E-state index contributed by atoms with van der Waals surface area (Å²) in [5.74, 6) is 0.606. The van der Waals surface area contributed by atoms with Gasteiger partial charge in [0.2, 0.25) is 0 Å². The molecule has 0 aliphatic heterocycles. The van der Waals surface area contributed by atoms with E-state index in [0.29, 0.717) is 22.6 Å². The third-order valence-electron chi connectivity index (χ3n) is 3.57. The number of aliphatic hydroxyl groups excluding tert-OH is 1. The van der Waals surface area contributed by atoms with Crippen molar-refractivity contribution in [2.75, 3.05) is 7.11 Å². The topological polar surface area (TPSA) is 74.7 Å². The summed E-state index contributed by atoms with van der Waals surface area (Å²) >= 11 is 0. The first-order chi connectivity index (χ1) is 11.2. The molecular weight excluding hydrogens is 292 g/mol. The first kappa shape index (κ1) is 15.0. The molecule has 0 unspecified atom stereocenters. The first-order valence-electron chi connectivity index (χ1n) is 7.15. The molecule has 23 heavy (non-hydrogen) atoms. The Morgan fingerprint density at radius 2 is 2.04 bits per heavy atom. The number of para-hydroxylation sites is 1. The Labute approximate surface area is 132 Å². The highest BCUT2D eigenvalue weighted by Gasteiger charge is 2.03. The van der Waals surface area contributed by atoms with Crippen LogP contribution in [-0.2, 0) is 6.61 Å². The monoisotopic (exact) mass is 308 g/mol.